The maximum absolute atomic E-state index is 12.9. The molecule has 0 fully saturated rings. The summed E-state index contributed by atoms with van der Waals surface area (Å²) >= 11 is 0. The number of rotatable bonds is 59. The lowest BCUT2D eigenvalue weighted by Crippen LogP contribution is -2.30. The molecule has 6 heteroatoms. The quantitative estimate of drug-likeness (QED) is 0.0261. The fraction of sp³-hybridized carbons (Fsp3) is 0.708. The Hall–Kier alpha value is -3.93. The molecule has 1 atom stereocenters. The van der Waals surface area contributed by atoms with Crippen LogP contribution in [-0.4, -0.2) is 37.2 Å². The smallest absolute Gasteiger partial charge is 0.306 e. The Balaban J connectivity index is 4.43. The molecular formula is C72H122O6. The Labute approximate surface area is 482 Å². The van der Waals surface area contributed by atoms with E-state index in [4.69, 9.17) is 14.2 Å². The van der Waals surface area contributed by atoms with E-state index in [1.807, 2.05) is 0 Å². The predicted octanol–water partition coefficient (Wildman–Crippen LogP) is 22.6. The second kappa shape index (κ2) is 65.6. The van der Waals surface area contributed by atoms with Gasteiger partial charge in [0.15, 0.2) is 6.10 Å². The van der Waals surface area contributed by atoms with Crippen LogP contribution in [-0.2, 0) is 28.6 Å². The van der Waals surface area contributed by atoms with E-state index >= 15 is 0 Å². The van der Waals surface area contributed by atoms with E-state index in [-0.39, 0.29) is 31.1 Å². The van der Waals surface area contributed by atoms with E-state index in [2.05, 4.69) is 130 Å². The Kier molecular flexibility index (Phi) is 62.3. The van der Waals surface area contributed by atoms with Gasteiger partial charge < -0.3 is 14.2 Å². The molecule has 446 valence electrons. The van der Waals surface area contributed by atoms with Crippen molar-refractivity contribution in [3.05, 3.63) is 109 Å². The summed E-state index contributed by atoms with van der Waals surface area (Å²) in [6, 6.07) is 0. The van der Waals surface area contributed by atoms with Crippen molar-refractivity contribution < 1.29 is 28.6 Å². The van der Waals surface area contributed by atoms with Crippen LogP contribution in [0.4, 0.5) is 0 Å². The highest BCUT2D eigenvalue weighted by molar-refractivity contribution is 5.71. The number of ether oxygens (including phenoxy) is 3. The minimum absolute atomic E-state index is 0.0907. The zero-order chi connectivity index (χ0) is 56.4. The van der Waals surface area contributed by atoms with Gasteiger partial charge >= 0.3 is 17.9 Å². The minimum atomic E-state index is -0.798. The molecule has 0 saturated heterocycles. The van der Waals surface area contributed by atoms with E-state index in [1.165, 1.54) is 161 Å². The van der Waals surface area contributed by atoms with Gasteiger partial charge in [0.05, 0.1) is 0 Å². The summed E-state index contributed by atoms with van der Waals surface area (Å²) in [6.45, 7) is 6.51. The molecule has 0 spiro atoms. The van der Waals surface area contributed by atoms with Gasteiger partial charge in [0.1, 0.15) is 13.2 Å². The number of hydrogen-bond donors (Lipinski definition) is 0. The van der Waals surface area contributed by atoms with Gasteiger partial charge in [0, 0.05) is 19.3 Å². The normalized spacial score (nSPS) is 12.8. The summed E-state index contributed by atoms with van der Waals surface area (Å²) < 4.78 is 16.9. The molecule has 0 bridgehead atoms. The lowest BCUT2D eigenvalue weighted by Gasteiger charge is -2.18. The molecule has 0 rings (SSSR count). The second-order valence-electron chi connectivity index (χ2n) is 21.6. The van der Waals surface area contributed by atoms with Crippen molar-refractivity contribution in [2.24, 2.45) is 0 Å². The molecule has 0 saturated carbocycles. The third-order valence-corrected chi connectivity index (χ3v) is 14.0. The van der Waals surface area contributed by atoms with Crippen LogP contribution in [0.3, 0.4) is 0 Å². The van der Waals surface area contributed by atoms with Gasteiger partial charge in [0.25, 0.3) is 0 Å². The SMILES string of the molecule is CC/C=C\C/C=C\C/C=C\C/C=C\C/C=C\C/C=C\C/C=C\C/C=C\CCCCC(=O)OCC(COC(=O)CCCCCCCCCCCCCCCC)OC(=O)CCCCCCCCCCC/C=C\CCCCCCCC. The molecular weight excluding hydrogens is 961 g/mol. The monoisotopic (exact) mass is 1080 g/mol. The van der Waals surface area contributed by atoms with Crippen molar-refractivity contribution in [2.75, 3.05) is 13.2 Å². The molecule has 0 aliphatic heterocycles. The zero-order valence-corrected chi connectivity index (χ0v) is 51.2. The number of hydrogen-bond acceptors (Lipinski definition) is 6. The number of carbonyl (C=O) groups is 3. The standard InChI is InChI=1S/C72H122O6/c1-4-7-10-13-16-19-22-25-28-30-32-33-34-35-36-37-38-39-41-42-44-47-50-53-56-59-62-65-71(74)77-68-69(67-76-70(73)64-61-58-55-52-49-46-27-24-21-18-15-12-9-6-3)78-72(75)66-63-60-57-54-51-48-45-43-40-31-29-26-23-20-17-14-11-8-5-2/h7,10,16,19,25-26,28-29,32-33,35-36,38-39,42,44,50,53,69H,4-6,8-9,11-15,17-18,20-24,27,30-31,34,37,40-41,43,45-49,51-52,54-68H2,1-3H3/b10-7-,19-16-,28-25-,29-26-,33-32-,36-35-,39-38-,44-42-,53-50-. The fourth-order valence-electron chi connectivity index (χ4n) is 9.10. The molecule has 0 N–H and O–H groups in total. The van der Waals surface area contributed by atoms with Gasteiger partial charge in [-0.2, -0.15) is 0 Å². The summed E-state index contributed by atoms with van der Waals surface area (Å²) in [6.07, 6.45) is 89.5. The van der Waals surface area contributed by atoms with Crippen molar-refractivity contribution in [3.8, 4) is 0 Å². The minimum Gasteiger partial charge on any atom is -0.462 e. The summed E-state index contributed by atoms with van der Waals surface area (Å²) in [4.78, 5) is 38.3. The Bertz CT molecular complexity index is 1570. The van der Waals surface area contributed by atoms with E-state index in [0.29, 0.717) is 19.3 Å². The van der Waals surface area contributed by atoms with Crippen LogP contribution in [0.1, 0.15) is 310 Å². The van der Waals surface area contributed by atoms with Gasteiger partial charge in [-0.05, 0) is 109 Å². The molecule has 0 radical (unpaired) electrons. The molecule has 0 amide bonds. The number of carbonyl (C=O) groups excluding carboxylic acids is 3. The van der Waals surface area contributed by atoms with Crippen molar-refractivity contribution in [1.29, 1.82) is 0 Å². The van der Waals surface area contributed by atoms with E-state index < -0.39 is 6.10 Å². The van der Waals surface area contributed by atoms with Crippen molar-refractivity contribution >= 4 is 17.9 Å². The highest BCUT2D eigenvalue weighted by Gasteiger charge is 2.19. The van der Waals surface area contributed by atoms with Crippen LogP contribution in [0.25, 0.3) is 0 Å². The summed E-state index contributed by atoms with van der Waals surface area (Å²) in [5.41, 5.74) is 0. The number of esters is 3. The number of unbranched alkanes of at least 4 members (excludes halogenated alkanes) is 30. The van der Waals surface area contributed by atoms with Crippen LogP contribution in [0.5, 0.6) is 0 Å². The van der Waals surface area contributed by atoms with Crippen LogP contribution in [0.15, 0.2) is 109 Å². The molecule has 0 aromatic heterocycles. The molecule has 0 aliphatic rings. The first kappa shape index (κ1) is 74.1. The average molecular weight is 1080 g/mol. The Morgan fingerprint density at radius 2 is 0.500 bits per heavy atom. The maximum atomic E-state index is 12.9. The topological polar surface area (TPSA) is 78.9 Å². The fourth-order valence-corrected chi connectivity index (χ4v) is 9.10. The molecule has 0 heterocycles. The first-order valence-electron chi connectivity index (χ1n) is 32.9. The highest BCUT2D eigenvalue weighted by atomic mass is 16.6. The highest BCUT2D eigenvalue weighted by Crippen LogP contribution is 2.16. The maximum Gasteiger partial charge on any atom is 0.306 e. The van der Waals surface area contributed by atoms with Crippen LogP contribution >= 0.6 is 0 Å². The number of allylic oxidation sites excluding steroid dienone is 18. The second-order valence-corrected chi connectivity index (χ2v) is 21.6. The van der Waals surface area contributed by atoms with E-state index in [1.54, 1.807) is 0 Å². The van der Waals surface area contributed by atoms with Crippen LogP contribution in [0, 0.1) is 0 Å². The van der Waals surface area contributed by atoms with Crippen molar-refractivity contribution in [1.82, 2.24) is 0 Å². The summed E-state index contributed by atoms with van der Waals surface area (Å²) in [7, 11) is 0. The molecule has 6 nitrogen and oxygen atoms in total. The molecule has 78 heavy (non-hydrogen) atoms. The van der Waals surface area contributed by atoms with Crippen molar-refractivity contribution in [2.45, 2.75) is 316 Å². The summed E-state index contributed by atoms with van der Waals surface area (Å²) in [5, 5.41) is 0. The van der Waals surface area contributed by atoms with Gasteiger partial charge in [-0.3, -0.25) is 14.4 Å². The first-order valence-corrected chi connectivity index (χ1v) is 32.9. The zero-order valence-electron chi connectivity index (χ0n) is 51.2. The van der Waals surface area contributed by atoms with Gasteiger partial charge in [-0.15, -0.1) is 0 Å². The molecule has 1 unspecified atom stereocenters. The molecule has 0 aliphatic carbocycles. The van der Waals surface area contributed by atoms with Gasteiger partial charge in [0.2, 0.25) is 0 Å². The van der Waals surface area contributed by atoms with Crippen LogP contribution in [0.2, 0.25) is 0 Å². The average Bonchev–Trinajstić information content (AvgIpc) is 3.44. The summed E-state index contributed by atoms with van der Waals surface area (Å²) in [5.74, 6) is -0.928. The Morgan fingerprint density at radius 3 is 0.821 bits per heavy atom. The molecule has 0 aromatic carbocycles. The van der Waals surface area contributed by atoms with Gasteiger partial charge in [-0.1, -0.05) is 291 Å². The van der Waals surface area contributed by atoms with E-state index in [9.17, 15) is 14.4 Å². The first-order chi connectivity index (χ1) is 38.5. The Morgan fingerprint density at radius 1 is 0.269 bits per heavy atom. The third kappa shape index (κ3) is 62.9. The molecule has 0 aromatic rings. The third-order valence-electron chi connectivity index (χ3n) is 14.0. The predicted molar refractivity (Wildman–Crippen MR) is 339 cm³/mol. The van der Waals surface area contributed by atoms with Crippen molar-refractivity contribution in [3.63, 3.8) is 0 Å². The van der Waals surface area contributed by atoms with Crippen LogP contribution < -0.4 is 0 Å². The van der Waals surface area contributed by atoms with Gasteiger partial charge in [-0.25, -0.2) is 0 Å². The van der Waals surface area contributed by atoms with E-state index in [0.717, 1.165) is 109 Å². The lowest BCUT2D eigenvalue weighted by atomic mass is 10.0. The lowest BCUT2D eigenvalue weighted by molar-refractivity contribution is -0.167. The largest absolute Gasteiger partial charge is 0.462 e.